The highest BCUT2D eigenvalue weighted by atomic mass is 35.5. The van der Waals surface area contributed by atoms with Crippen molar-refractivity contribution in [3.8, 4) is 0 Å². The Morgan fingerprint density at radius 1 is 1.06 bits per heavy atom. The average molecular weight is 499 g/mol. The molecule has 0 bridgehead atoms. The number of rotatable bonds is 8. The van der Waals surface area contributed by atoms with Gasteiger partial charge in [0, 0.05) is 31.2 Å². The van der Waals surface area contributed by atoms with Crippen molar-refractivity contribution in [2.45, 2.75) is 37.1 Å². The lowest BCUT2D eigenvalue weighted by Gasteiger charge is -2.34. The van der Waals surface area contributed by atoms with Crippen LogP contribution in [0.5, 0.6) is 0 Å². The second kappa shape index (κ2) is 10.3. The first-order chi connectivity index (χ1) is 15.8. The molecule has 0 spiro atoms. The van der Waals surface area contributed by atoms with E-state index in [0.717, 1.165) is 25.2 Å². The Morgan fingerprint density at radius 2 is 1.73 bits per heavy atom. The highest BCUT2D eigenvalue weighted by molar-refractivity contribution is 7.89. The van der Waals surface area contributed by atoms with E-state index in [4.69, 9.17) is 16.3 Å². The number of benzene rings is 1. The third kappa shape index (κ3) is 5.86. The summed E-state index contributed by atoms with van der Waals surface area (Å²) in [5, 5.41) is 5.54. The number of nitrogens with zero attached hydrogens (tertiary/aromatic N) is 2. The summed E-state index contributed by atoms with van der Waals surface area (Å²) in [5.74, 6) is -0.716. The van der Waals surface area contributed by atoms with Crippen LogP contribution in [-0.4, -0.2) is 86.8 Å². The number of ether oxygens (including phenoxy) is 1. The van der Waals surface area contributed by atoms with Crippen molar-refractivity contribution in [1.29, 1.82) is 0 Å². The number of hydrogen-bond acceptors (Lipinski definition) is 6. The summed E-state index contributed by atoms with van der Waals surface area (Å²) in [6.45, 7) is 4.45. The van der Waals surface area contributed by atoms with Gasteiger partial charge in [-0.2, -0.15) is 0 Å². The van der Waals surface area contributed by atoms with E-state index in [0.29, 0.717) is 50.6 Å². The number of imide groups is 1. The van der Waals surface area contributed by atoms with Crippen molar-refractivity contribution >= 4 is 33.6 Å². The van der Waals surface area contributed by atoms with Gasteiger partial charge in [-0.05, 0) is 55.8 Å². The SMILES string of the molecule is O=C1NC(=O)C(CCCN2CCOCC2)(CS(=O)(=O)N2CCC(c3ccc(Cl)cc3)CC2)N1. The van der Waals surface area contributed by atoms with Gasteiger partial charge in [0.05, 0.1) is 19.0 Å². The van der Waals surface area contributed by atoms with Gasteiger partial charge in [-0.25, -0.2) is 17.5 Å². The molecule has 4 rings (SSSR count). The molecule has 3 heterocycles. The number of carbonyl (C=O) groups excluding carboxylic acids is 2. The van der Waals surface area contributed by atoms with Gasteiger partial charge >= 0.3 is 6.03 Å². The Morgan fingerprint density at radius 3 is 2.33 bits per heavy atom. The lowest BCUT2D eigenvalue weighted by atomic mass is 9.90. The van der Waals surface area contributed by atoms with Crippen molar-refractivity contribution in [3.63, 3.8) is 0 Å². The van der Waals surface area contributed by atoms with E-state index in [1.54, 1.807) is 0 Å². The summed E-state index contributed by atoms with van der Waals surface area (Å²) < 4.78 is 33.4. The normalized spacial score (nSPS) is 25.7. The van der Waals surface area contributed by atoms with Crippen LogP contribution in [0.3, 0.4) is 0 Å². The van der Waals surface area contributed by atoms with E-state index in [1.165, 1.54) is 4.31 Å². The van der Waals surface area contributed by atoms with Crippen LogP contribution < -0.4 is 10.6 Å². The number of sulfonamides is 1. The zero-order valence-corrected chi connectivity index (χ0v) is 20.2. The van der Waals surface area contributed by atoms with Crippen LogP contribution in [0.2, 0.25) is 5.02 Å². The van der Waals surface area contributed by atoms with Crippen molar-refractivity contribution in [3.05, 3.63) is 34.9 Å². The zero-order valence-electron chi connectivity index (χ0n) is 18.6. The predicted octanol–water partition coefficient (Wildman–Crippen LogP) is 1.54. The van der Waals surface area contributed by atoms with Gasteiger partial charge in [-0.3, -0.25) is 15.0 Å². The van der Waals surface area contributed by atoms with Crippen molar-refractivity contribution in [1.82, 2.24) is 19.8 Å². The minimum Gasteiger partial charge on any atom is -0.379 e. The van der Waals surface area contributed by atoms with E-state index < -0.39 is 33.3 Å². The van der Waals surface area contributed by atoms with Gasteiger partial charge in [0.2, 0.25) is 10.0 Å². The maximum Gasteiger partial charge on any atom is 0.322 e. The number of halogens is 1. The second-order valence-electron chi connectivity index (χ2n) is 9.03. The maximum atomic E-state index is 13.3. The summed E-state index contributed by atoms with van der Waals surface area (Å²) in [6, 6.07) is 7.03. The molecular formula is C22H31ClN4O5S. The van der Waals surface area contributed by atoms with Gasteiger partial charge in [0.1, 0.15) is 5.54 Å². The number of morpholine rings is 1. The first-order valence-electron chi connectivity index (χ1n) is 11.4. The van der Waals surface area contributed by atoms with Gasteiger partial charge in [-0.1, -0.05) is 23.7 Å². The molecule has 0 saturated carbocycles. The molecule has 3 saturated heterocycles. The fourth-order valence-electron chi connectivity index (χ4n) is 4.91. The smallest absolute Gasteiger partial charge is 0.322 e. The molecule has 9 nitrogen and oxygen atoms in total. The largest absolute Gasteiger partial charge is 0.379 e. The number of nitrogens with one attached hydrogen (secondary N) is 2. The zero-order chi connectivity index (χ0) is 23.5. The summed E-state index contributed by atoms with van der Waals surface area (Å²) in [4.78, 5) is 26.8. The lowest BCUT2D eigenvalue weighted by Crippen LogP contribution is -2.55. The molecular weight excluding hydrogens is 468 g/mol. The van der Waals surface area contributed by atoms with Gasteiger partial charge in [0.25, 0.3) is 5.91 Å². The molecule has 3 aliphatic rings. The summed E-state index contributed by atoms with van der Waals surface area (Å²) in [6.07, 6.45) is 2.26. The third-order valence-electron chi connectivity index (χ3n) is 6.81. The van der Waals surface area contributed by atoms with E-state index in [1.807, 2.05) is 24.3 Å². The van der Waals surface area contributed by atoms with Crippen LogP contribution in [0.15, 0.2) is 24.3 Å². The van der Waals surface area contributed by atoms with Gasteiger partial charge in [-0.15, -0.1) is 0 Å². The van der Waals surface area contributed by atoms with Crippen LogP contribution in [-0.2, 0) is 19.6 Å². The van der Waals surface area contributed by atoms with Crippen LogP contribution in [0.25, 0.3) is 0 Å². The average Bonchev–Trinajstić information content (AvgIpc) is 3.07. The number of piperidine rings is 1. The molecule has 0 aliphatic carbocycles. The van der Waals surface area contributed by atoms with E-state index in [-0.39, 0.29) is 12.3 Å². The number of amides is 3. The Labute approximate surface area is 199 Å². The van der Waals surface area contributed by atoms with Crippen LogP contribution in [0.4, 0.5) is 4.79 Å². The Hall–Kier alpha value is -1.72. The Balaban J connectivity index is 1.38. The quantitative estimate of drug-likeness (QED) is 0.526. The van der Waals surface area contributed by atoms with Gasteiger partial charge < -0.3 is 10.1 Å². The molecule has 33 heavy (non-hydrogen) atoms. The monoisotopic (exact) mass is 498 g/mol. The molecule has 0 radical (unpaired) electrons. The molecule has 1 aromatic rings. The number of hydrogen-bond donors (Lipinski definition) is 2. The highest BCUT2D eigenvalue weighted by Gasteiger charge is 2.50. The molecule has 11 heteroatoms. The minimum absolute atomic E-state index is 0.266. The molecule has 3 fully saturated rings. The Bertz CT molecular complexity index is 960. The fourth-order valence-corrected chi connectivity index (χ4v) is 6.96. The van der Waals surface area contributed by atoms with Crippen molar-refractivity contribution in [2.24, 2.45) is 0 Å². The summed E-state index contributed by atoms with van der Waals surface area (Å²) in [5.41, 5.74) is -0.284. The molecule has 1 unspecified atom stereocenters. The van der Waals surface area contributed by atoms with Crippen LogP contribution in [0.1, 0.15) is 37.2 Å². The number of urea groups is 1. The number of carbonyl (C=O) groups is 2. The molecule has 0 aromatic heterocycles. The first-order valence-corrected chi connectivity index (χ1v) is 13.4. The first kappa shape index (κ1) is 24.4. The summed E-state index contributed by atoms with van der Waals surface area (Å²) in [7, 11) is -3.75. The molecule has 3 aliphatic heterocycles. The van der Waals surface area contributed by atoms with Crippen molar-refractivity contribution < 1.29 is 22.7 Å². The third-order valence-corrected chi connectivity index (χ3v) is 9.08. The Kier molecular flexibility index (Phi) is 7.59. The van der Waals surface area contributed by atoms with E-state index >= 15 is 0 Å². The minimum atomic E-state index is -3.75. The fraction of sp³-hybridized carbons (Fsp3) is 0.636. The summed E-state index contributed by atoms with van der Waals surface area (Å²) >= 11 is 5.97. The highest BCUT2D eigenvalue weighted by Crippen LogP contribution is 2.31. The molecule has 3 amide bonds. The standard InChI is InChI=1S/C22H31ClN4O5S/c23-19-4-2-17(3-5-19)18-6-10-27(11-7-18)33(30,31)16-22(20(28)24-21(29)25-22)8-1-9-26-12-14-32-15-13-26/h2-5,18H,1,6-16H2,(H2,24,25,28,29). The van der Waals surface area contributed by atoms with Crippen molar-refractivity contribution in [2.75, 3.05) is 51.7 Å². The molecule has 2 N–H and O–H groups in total. The van der Waals surface area contributed by atoms with E-state index in [9.17, 15) is 18.0 Å². The maximum absolute atomic E-state index is 13.3. The van der Waals surface area contributed by atoms with Crippen LogP contribution in [0, 0.1) is 0 Å². The second-order valence-corrected chi connectivity index (χ2v) is 11.4. The predicted molar refractivity (Wildman–Crippen MR) is 125 cm³/mol. The van der Waals surface area contributed by atoms with Gasteiger partial charge in [0.15, 0.2) is 0 Å². The lowest BCUT2D eigenvalue weighted by molar-refractivity contribution is -0.123. The molecule has 1 aromatic carbocycles. The molecule has 1 atom stereocenters. The molecule has 182 valence electrons. The van der Waals surface area contributed by atoms with E-state index in [2.05, 4.69) is 15.5 Å². The topological polar surface area (TPSA) is 108 Å². The van der Waals surface area contributed by atoms with Crippen LogP contribution >= 0.6 is 11.6 Å².